The minimum absolute atomic E-state index is 0.0231. The van der Waals surface area contributed by atoms with Crippen molar-refractivity contribution in [2.45, 2.75) is 31.5 Å². The molecule has 0 saturated carbocycles. The molecule has 0 aliphatic carbocycles. The lowest BCUT2D eigenvalue weighted by molar-refractivity contribution is -0.163. The highest BCUT2D eigenvalue weighted by Gasteiger charge is 2.34. The summed E-state index contributed by atoms with van der Waals surface area (Å²) >= 11 is 11.9. The summed E-state index contributed by atoms with van der Waals surface area (Å²) in [6.45, 7) is 1.63. The average molecular weight is 301 g/mol. The van der Waals surface area contributed by atoms with Crippen molar-refractivity contribution in [3.8, 4) is 0 Å². The van der Waals surface area contributed by atoms with Crippen LogP contribution in [0.5, 0.6) is 0 Å². The SMILES string of the molecule is CC1(O)CC(=O)OC(/C=C/c2cc(Cl)ccc2Cl)C1. The number of rotatable bonds is 2. The van der Waals surface area contributed by atoms with Gasteiger partial charge in [0.2, 0.25) is 0 Å². The van der Waals surface area contributed by atoms with Crippen LogP contribution in [0.1, 0.15) is 25.3 Å². The summed E-state index contributed by atoms with van der Waals surface area (Å²) in [5.41, 5.74) is -0.280. The standard InChI is InChI=1S/C14H14Cl2O3/c1-14(18)7-11(19-13(17)8-14)4-2-9-6-10(15)3-5-12(9)16/h2-6,11,18H,7-8H2,1H3/b4-2+. The van der Waals surface area contributed by atoms with Crippen molar-refractivity contribution in [3.63, 3.8) is 0 Å². The summed E-state index contributed by atoms with van der Waals surface area (Å²) in [6.07, 6.45) is 3.39. The van der Waals surface area contributed by atoms with Gasteiger partial charge in [0.05, 0.1) is 12.0 Å². The van der Waals surface area contributed by atoms with Crippen LogP contribution in [-0.2, 0) is 9.53 Å². The number of halogens is 2. The summed E-state index contributed by atoms with van der Waals surface area (Å²) in [4.78, 5) is 11.4. The predicted octanol–water partition coefficient (Wildman–Crippen LogP) is 3.46. The molecule has 2 atom stereocenters. The average Bonchev–Trinajstić information content (AvgIpc) is 2.28. The molecule has 1 aromatic carbocycles. The second-order valence-corrected chi connectivity index (χ2v) is 5.77. The molecule has 2 rings (SSSR count). The minimum Gasteiger partial charge on any atom is -0.458 e. The molecule has 3 nitrogen and oxygen atoms in total. The number of hydrogen-bond acceptors (Lipinski definition) is 3. The monoisotopic (exact) mass is 300 g/mol. The number of carbonyl (C=O) groups is 1. The Bertz CT molecular complexity index is 523. The van der Waals surface area contributed by atoms with Crippen LogP contribution in [0.2, 0.25) is 10.0 Å². The second-order valence-electron chi connectivity index (χ2n) is 4.93. The number of cyclic esters (lactones) is 1. The first-order valence-corrected chi connectivity index (χ1v) is 6.66. The maximum atomic E-state index is 11.4. The first-order valence-electron chi connectivity index (χ1n) is 5.91. The Morgan fingerprint density at radius 1 is 1.47 bits per heavy atom. The van der Waals surface area contributed by atoms with E-state index >= 15 is 0 Å². The molecule has 0 amide bonds. The quantitative estimate of drug-likeness (QED) is 0.851. The van der Waals surface area contributed by atoms with E-state index in [0.717, 1.165) is 5.56 Å². The number of esters is 1. The van der Waals surface area contributed by atoms with Gasteiger partial charge >= 0.3 is 5.97 Å². The molecule has 1 fully saturated rings. The molecular weight excluding hydrogens is 287 g/mol. The van der Waals surface area contributed by atoms with Crippen molar-refractivity contribution in [2.24, 2.45) is 0 Å². The molecule has 1 N–H and O–H groups in total. The van der Waals surface area contributed by atoms with Crippen molar-refractivity contribution in [1.82, 2.24) is 0 Å². The Labute approximate surface area is 121 Å². The van der Waals surface area contributed by atoms with Crippen molar-refractivity contribution in [2.75, 3.05) is 0 Å². The van der Waals surface area contributed by atoms with Gasteiger partial charge in [0.1, 0.15) is 6.10 Å². The third-order valence-corrected chi connectivity index (χ3v) is 3.48. The van der Waals surface area contributed by atoms with Gasteiger partial charge in [-0.05, 0) is 36.8 Å². The van der Waals surface area contributed by atoms with E-state index in [2.05, 4.69) is 0 Å². The number of carbonyl (C=O) groups excluding carboxylic acids is 1. The van der Waals surface area contributed by atoms with Crippen LogP contribution < -0.4 is 0 Å². The summed E-state index contributed by atoms with van der Waals surface area (Å²) in [6, 6.07) is 5.13. The molecule has 1 heterocycles. The Hall–Kier alpha value is -1.03. The molecule has 0 radical (unpaired) electrons. The predicted molar refractivity (Wildman–Crippen MR) is 75.2 cm³/mol. The van der Waals surface area contributed by atoms with Gasteiger partial charge < -0.3 is 9.84 Å². The van der Waals surface area contributed by atoms with Gasteiger partial charge in [-0.1, -0.05) is 29.3 Å². The molecule has 0 bridgehead atoms. The Morgan fingerprint density at radius 2 is 2.21 bits per heavy atom. The van der Waals surface area contributed by atoms with Gasteiger partial charge in [-0.15, -0.1) is 0 Å². The zero-order chi connectivity index (χ0) is 14.0. The molecule has 1 aliphatic heterocycles. The summed E-state index contributed by atoms with van der Waals surface area (Å²) in [5.74, 6) is -0.400. The molecule has 5 heteroatoms. The molecular formula is C14H14Cl2O3. The lowest BCUT2D eigenvalue weighted by Crippen LogP contribution is -2.40. The van der Waals surface area contributed by atoms with Gasteiger partial charge in [-0.3, -0.25) is 4.79 Å². The minimum atomic E-state index is -1.03. The van der Waals surface area contributed by atoms with Crippen LogP contribution in [0, 0.1) is 0 Å². The van der Waals surface area contributed by atoms with Crippen molar-refractivity contribution >= 4 is 35.2 Å². The first-order chi connectivity index (χ1) is 8.85. The number of aliphatic hydroxyl groups is 1. The van der Waals surface area contributed by atoms with E-state index in [1.54, 1.807) is 37.3 Å². The van der Waals surface area contributed by atoms with Crippen LogP contribution in [-0.4, -0.2) is 22.8 Å². The third kappa shape index (κ3) is 3.96. The zero-order valence-electron chi connectivity index (χ0n) is 10.4. The van der Waals surface area contributed by atoms with Crippen molar-refractivity contribution in [3.05, 3.63) is 39.9 Å². The van der Waals surface area contributed by atoms with E-state index in [-0.39, 0.29) is 6.42 Å². The Kier molecular flexibility index (Phi) is 4.19. The van der Waals surface area contributed by atoms with Gasteiger partial charge in [0, 0.05) is 16.5 Å². The lowest BCUT2D eigenvalue weighted by Gasteiger charge is -2.31. The van der Waals surface area contributed by atoms with E-state index in [1.807, 2.05) is 0 Å². The van der Waals surface area contributed by atoms with E-state index in [0.29, 0.717) is 16.5 Å². The summed E-state index contributed by atoms with van der Waals surface area (Å²) in [5, 5.41) is 11.1. The molecule has 1 aromatic rings. The van der Waals surface area contributed by atoms with Gasteiger partial charge in [-0.2, -0.15) is 0 Å². The number of benzene rings is 1. The highest BCUT2D eigenvalue weighted by atomic mass is 35.5. The van der Waals surface area contributed by atoms with E-state index in [9.17, 15) is 9.90 Å². The van der Waals surface area contributed by atoms with Crippen molar-refractivity contribution < 1.29 is 14.6 Å². The maximum Gasteiger partial charge on any atom is 0.309 e. The molecule has 0 aromatic heterocycles. The van der Waals surface area contributed by atoms with Crippen molar-refractivity contribution in [1.29, 1.82) is 0 Å². The van der Waals surface area contributed by atoms with Crippen LogP contribution in [0.25, 0.3) is 6.08 Å². The number of ether oxygens (including phenoxy) is 1. The fourth-order valence-corrected chi connectivity index (χ4v) is 2.39. The van der Waals surface area contributed by atoms with Crippen LogP contribution in [0.4, 0.5) is 0 Å². The summed E-state index contributed by atoms with van der Waals surface area (Å²) < 4.78 is 5.15. The van der Waals surface area contributed by atoms with E-state index in [1.165, 1.54) is 0 Å². The highest BCUT2D eigenvalue weighted by molar-refractivity contribution is 6.34. The molecule has 1 aliphatic rings. The Balaban J connectivity index is 2.14. The van der Waals surface area contributed by atoms with E-state index < -0.39 is 17.7 Å². The fourth-order valence-electron chi connectivity index (χ4n) is 2.03. The molecule has 2 unspecified atom stereocenters. The topological polar surface area (TPSA) is 46.5 Å². The maximum absolute atomic E-state index is 11.4. The lowest BCUT2D eigenvalue weighted by atomic mass is 9.92. The fraction of sp³-hybridized carbons (Fsp3) is 0.357. The molecule has 19 heavy (non-hydrogen) atoms. The van der Waals surface area contributed by atoms with Crippen LogP contribution in [0.15, 0.2) is 24.3 Å². The Morgan fingerprint density at radius 3 is 2.89 bits per heavy atom. The smallest absolute Gasteiger partial charge is 0.309 e. The first kappa shape index (κ1) is 14.4. The largest absolute Gasteiger partial charge is 0.458 e. The van der Waals surface area contributed by atoms with Gasteiger partial charge in [0.15, 0.2) is 0 Å². The van der Waals surface area contributed by atoms with Crippen LogP contribution >= 0.6 is 23.2 Å². The van der Waals surface area contributed by atoms with Gasteiger partial charge in [0.25, 0.3) is 0 Å². The zero-order valence-corrected chi connectivity index (χ0v) is 11.9. The normalized spacial score (nSPS) is 27.6. The summed E-state index contributed by atoms with van der Waals surface area (Å²) in [7, 11) is 0. The van der Waals surface area contributed by atoms with Gasteiger partial charge in [-0.25, -0.2) is 0 Å². The third-order valence-electron chi connectivity index (χ3n) is 2.90. The number of hydrogen-bond donors (Lipinski definition) is 1. The second kappa shape index (κ2) is 5.53. The van der Waals surface area contributed by atoms with E-state index in [4.69, 9.17) is 27.9 Å². The highest BCUT2D eigenvalue weighted by Crippen LogP contribution is 2.27. The molecule has 0 spiro atoms. The van der Waals surface area contributed by atoms with Crippen LogP contribution in [0.3, 0.4) is 0 Å². The molecule has 102 valence electrons. The molecule has 1 saturated heterocycles.